The number of fused-ring (bicyclic) bond motifs is 20. The molecule has 0 atom stereocenters. The highest BCUT2D eigenvalue weighted by atomic mass is 16.4. The van der Waals surface area contributed by atoms with Crippen molar-refractivity contribution in [3.05, 3.63) is 359 Å². The molecule has 722 valence electrons. The maximum absolute atomic E-state index is 6.45. The van der Waals surface area contributed by atoms with Crippen molar-refractivity contribution in [1.82, 2.24) is 24.9 Å². The molecule has 27 rings (SSSR count). The summed E-state index contributed by atoms with van der Waals surface area (Å²) in [5.41, 5.74) is 40.0. The molecule has 0 amide bonds. The molecule has 0 saturated heterocycles. The zero-order valence-electron chi connectivity index (χ0n) is 86.4. The third-order valence-corrected chi connectivity index (χ3v) is 30.9. The summed E-state index contributed by atoms with van der Waals surface area (Å²) in [5.74, 6) is 2.28. The Morgan fingerprint density at radius 2 is 0.562 bits per heavy atom. The molecule has 15 heterocycles. The van der Waals surface area contributed by atoms with Crippen LogP contribution in [0.2, 0.25) is 0 Å². The molecule has 0 bridgehead atoms. The molecule has 2 fully saturated rings. The van der Waals surface area contributed by atoms with Crippen LogP contribution in [0.3, 0.4) is 0 Å². The first kappa shape index (κ1) is 93.6. The lowest BCUT2D eigenvalue weighted by molar-refractivity contribution is -0.660. The van der Waals surface area contributed by atoms with Gasteiger partial charge in [-0.05, 0) is 221 Å². The van der Waals surface area contributed by atoms with Gasteiger partial charge in [0.25, 0.3) is 0 Å². The monoisotopic (exact) mass is 1920 g/mol. The number of benzene rings is 10. The molecule has 25 aromatic rings. The summed E-state index contributed by atoms with van der Waals surface area (Å²) in [7, 11) is 10.5. The first-order valence-electron chi connectivity index (χ1n) is 51.9. The molecular weight excluding hydrogens is 1790 g/mol. The lowest BCUT2D eigenvalue weighted by Crippen LogP contribution is -2.31. The predicted octanol–water partition coefficient (Wildman–Crippen LogP) is 31.0. The van der Waals surface area contributed by atoms with E-state index in [2.05, 4.69) is 353 Å². The van der Waals surface area contributed by atoms with Crippen LogP contribution in [0.4, 0.5) is 0 Å². The van der Waals surface area contributed by atoms with Crippen LogP contribution in [0, 0.1) is 80.1 Å². The Morgan fingerprint density at radius 1 is 0.260 bits per heavy atom. The number of nitrogens with zero attached hydrogens (tertiary/aromatic N) is 10. The number of aromatic nitrogens is 10. The number of furan rings is 5. The third kappa shape index (κ3) is 17.7. The number of hydrogen-bond acceptors (Lipinski definition) is 10. The van der Waals surface area contributed by atoms with Crippen LogP contribution in [0.25, 0.3) is 221 Å². The van der Waals surface area contributed by atoms with Gasteiger partial charge >= 0.3 is 0 Å². The van der Waals surface area contributed by atoms with Gasteiger partial charge in [-0.25, -0.2) is 47.8 Å². The molecule has 0 unspecified atom stereocenters. The van der Waals surface area contributed by atoms with E-state index in [0.717, 1.165) is 183 Å². The molecule has 0 N–H and O–H groups in total. The smallest absolute Gasteiger partial charge is 0.227 e. The van der Waals surface area contributed by atoms with Crippen LogP contribution < -0.4 is 22.8 Å². The van der Waals surface area contributed by atoms with Crippen molar-refractivity contribution in [1.29, 1.82) is 0 Å². The summed E-state index contributed by atoms with van der Waals surface area (Å²) >= 11 is 0. The van der Waals surface area contributed by atoms with Crippen LogP contribution in [0.5, 0.6) is 0 Å². The number of pyridine rings is 10. The van der Waals surface area contributed by atoms with Crippen molar-refractivity contribution < 1.29 is 44.9 Å². The van der Waals surface area contributed by atoms with Gasteiger partial charge in [0.05, 0.1) is 55.4 Å². The van der Waals surface area contributed by atoms with E-state index in [-0.39, 0.29) is 0 Å². The number of aryl methyl sites for hydroxylation is 14. The molecule has 0 spiro atoms. The first-order valence-corrected chi connectivity index (χ1v) is 51.9. The van der Waals surface area contributed by atoms with Gasteiger partial charge in [0, 0.05) is 141 Å². The fraction of sp³-hybridized carbons (Fsp3) is 0.237. The summed E-state index contributed by atoms with van der Waals surface area (Å²) in [5, 5.41) is 16.7. The standard InChI is InChI=1S/C29H29N2O.C28H27N2O.C26H25N2O.C25H23N2O.C23H19N2O/c1-19-12-13-23-24-18-22-10-6-7-11-25(22)30-29(24)32-28(23)27(19)26-17-21(14-15-31(26)2)16-20-8-4-3-5-9-20;1-18-11-12-22-23-17-21-9-5-6-10-24(21)29-28(23)31-27(22)26(18)25-16-20(13-14-30(25)2)15-19-7-3-4-8-19;1-16(2)13-18-11-12-28(4)23(14-18)24-17(3)9-10-20-21-15-19-7-5-6-8-22(19)27-26(21)29-25(20)24;1-14-11-21(27(5)13-17(14)4)23-16(3)10-15(2)22-19-12-18-8-6-7-9-20(18)26-25(19)28-24(22)23;1-14-10-11-25(3)20(12-14)21-15(2)8-9-17-18-13-16-6-4-5-7-19(16)24-23(18)26-22(17)21/h6-7,10-15,17-18,20H,3-5,8-9,16H2,1-2H3;5-6,9-14,16-17,19H,3-4,7-8,15H2,1-2H3;5-12,14-16H,13H2,1-4H3;6-13H,1-5H3;4-13H,1-3H3/q5*+1. The lowest BCUT2D eigenvalue weighted by Gasteiger charge is -2.21. The minimum Gasteiger partial charge on any atom is -0.437 e. The molecule has 0 aliphatic heterocycles. The molecule has 15 heteroatoms. The Bertz CT molecular complexity index is 9530. The molecule has 2 saturated carbocycles. The second-order valence-corrected chi connectivity index (χ2v) is 41.9. The molecule has 2 aliphatic rings. The third-order valence-electron chi connectivity index (χ3n) is 30.9. The van der Waals surface area contributed by atoms with E-state index in [1.54, 1.807) is 0 Å². The van der Waals surface area contributed by atoms with Gasteiger partial charge in [0.2, 0.25) is 57.0 Å². The number of para-hydroxylation sites is 5. The fourth-order valence-corrected chi connectivity index (χ4v) is 23.1. The second-order valence-electron chi connectivity index (χ2n) is 41.9. The summed E-state index contributed by atoms with van der Waals surface area (Å²) in [4.78, 5) is 24.0. The molecule has 15 aromatic heterocycles. The Labute approximate surface area is 850 Å². The van der Waals surface area contributed by atoms with Crippen molar-refractivity contribution in [2.75, 3.05) is 0 Å². The highest BCUT2D eigenvalue weighted by Crippen LogP contribution is 2.46. The average Bonchev–Trinajstić information content (AvgIpc) is 1.56. The molecular formula is C131H123N10O5+5. The van der Waals surface area contributed by atoms with Crippen LogP contribution >= 0.6 is 0 Å². The Morgan fingerprint density at radius 3 is 0.932 bits per heavy atom. The topological polar surface area (TPSA) is 150 Å². The van der Waals surface area contributed by atoms with E-state index in [4.69, 9.17) is 47.0 Å². The molecule has 10 aromatic carbocycles. The summed E-state index contributed by atoms with van der Waals surface area (Å²) in [6.45, 7) is 23.9. The number of rotatable bonds is 11. The van der Waals surface area contributed by atoms with E-state index in [1.807, 2.05) is 72.8 Å². The quantitative estimate of drug-likeness (QED) is 0.115. The van der Waals surface area contributed by atoms with Gasteiger partial charge in [0.15, 0.2) is 58.9 Å². The molecule has 0 radical (unpaired) electrons. The number of hydrogen-bond donors (Lipinski definition) is 0. The summed E-state index contributed by atoms with van der Waals surface area (Å²) < 4.78 is 42.9. The van der Waals surface area contributed by atoms with Gasteiger partial charge in [-0.15, -0.1) is 0 Å². The second kappa shape index (κ2) is 38.6. The first-order chi connectivity index (χ1) is 70.9. The van der Waals surface area contributed by atoms with Crippen molar-refractivity contribution >= 4 is 165 Å². The van der Waals surface area contributed by atoms with Crippen molar-refractivity contribution in [3.8, 4) is 56.3 Å². The largest absolute Gasteiger partial charge is 0.437 e. The van der Waals surface area contributed by atoms with Gasteiger partial charge in [-0.1, -0.05) is 217 Å². The van der Waals surface area contributed by atoms with E-state index in [0.29, 0.717) is 34.5 Å². The highest BCUT2D eigenvalue weighted by molar-refractivity contribution is 6.17. The Hall–Kier alpha value is -16.0. The van der Waals surface area contributed by atoms with Gasteiger partial charge in [-0.2, -0.15) is 0 Å². The van der Waals surface area contributed by atoms with Gasteiger partial charge in [0.1, 0.15) is 35.2 Å². The van der Waals surface area contributed by atoms with E-state index < -0.39 is 0 Å². The molecule has 2 aliphatic carbocycles. The minimum absolute atomic E-state index is 0.621. The van der Waals surface area contributed by atoms with E-state index in [9.17, 15) is 0 Å². The minimum atomic E-state index is 0.621. The Kier molecular flexibility index (Phi) is 24.8. The lowest BCUT2D eigenvalue weighted by atomic mass is 9.85. The van der Waals surface area contributed by atoms with Crippen molar-refractivity contribution in [2.45, 2.75) is 153 Å². The summed E-state index contributed by atoms with van der Waals surface area (Å²) in [6.07, 6.45) is 26.7. The zero-order valence-corrected chi connectivity index (χ0v) is 86.4. The van der Waals surface area contributed by atoms with E-state index in [1.165, 1.54) is 166 Å². The van der Waals surface area contributed by atoms with Gasteiger partial charge in [-0.3, -0.25) is 0 Å². The summed E-state index contributed by atoms with van der Waals surface area (Å²) in [6, 6.07) is 92.2. The fourth-order valence-electron chi connectivity index (χ4n) is 23.1. The van der Waals surface area contributed by atoms with Crippen molar-refractivity contribution in [3.63, 3.8) is 0 Å². The van der Waals surface area contributed by atoms with Crippen LogP contribution in [0.1, 0.15) is 138 Å². The normalized spacial score (nSPS) is 13.2. The van der Waals surface area contributed by atoms with Gasteiger partial charge < -0.3 is 22.1 Å². The Balaban J connectivity index is 0.000000101. The van der Waals surface area contributed by atoms with E-state index >= 15 is 0 Å². The zero-order chi connectivity index (χ0) is 100. The van der Waals surface area contributed by atoms with Crippen LogP contribution in [-0.2, 0) is 54.5 Å². The van der Waals surface area contributed by atoms with Crippen LogP contribution in [0.15, 0.2) is 314 Å². The molecule has 146 heavy (non-hydrogen) atoms. The maximum Gasteiger partial charge on any atom is 0.227 e. The van der Waals surface area contributed by atoms with Crippen LogP contribution in [-0.4, -0.2) is 24.9 Å². The molecule has 15 nitrogen and oxygen atoms in total. The van der Waals surface area contributed by atoms with Crippen molar-refractivity contribution in [2.24, 2.45) is 53.0 Å². The highest BCUT2D eigenvalue weighted by Gasteiger charge is 2.31. The SMILES string of the molecule is Cc1cc(-c2c(C)cc(C)c3c2oc2nc4ccccc4cc23)[n+](C)cc1C.Cc1cc[n+](C)c(-c2c(C)ccc3c2oc2nc4ccccc4cc23)c1.Cc1ccc2c(oc3nc4ccccc4cc32)c1-c1cc(CC(C)C)cc[n+]1C.Cc1ccc2c(oc3nc4ccccc4cc32)c1-c1cc(CC2CCCC2)cc[n+]1C.Cc1ccc2c(oc3nc4ccccc4cc32)c1-c1cc(CC2CCCCC2)cc[n+]1C. The maximum atomic E-state index is 6.45. The average molecular weight is 1920 g/mol. The predicted molar refractivity (Wildman–Crippen MR) is 595 cm³/mol.